The topological polar surface area (TPSA) is 28.7 Å². The lowest BCUT2D eigenvalue weighted by molar-refractivity contribution is -0.437. The molecule has 0 aromatic carbocycles. The van der Waals surface area contributed by atoms with Crippen molar-refractivity contribution in [1.29, 1.82) is 0 Å². The van der Waals surface area contributed by atoms with Crippen LogP contribution in [0.3, 0.4) is 0 Å². The van der Waals surface area contributed by atoms with Crippen molar-refractivity contribution < 1.29 is 61.5 Å². The summed E-state index contributed by atoms with van der Waals surface area (Å²) in [6, 6.07) is -0.151. The number of hydrogen-bond acceptors (Lipinski definition) is 1. The van der Waals surface area contributed by atoms with Gasteiger partial charge in [0.05, 0.1) is 0 Å². The highest BCUT2D eigenvalue weighted by Crippen LogP contribution is 2.63. The van der Waals surface area contributed by atoms with E-state index in [1.54, 1.807) is 0 Å². The second-order valence-corrected chi connectivity index (χ2v) is 5.39. The molecule has 0 bridgehead atoms. The van der Waals surface area contributed by atoms with Gasteiger partial charge in [0.15, 0.2) is 0 Å². The summed E-state index contributed by atoms with van der Waals surface area (Å²) in [5.41, 5.74) is -2.29. The summed E-state index contributed by atoms with van der Waals surface area (Å²) in [5, 5.41) is -3.07. The fourth-order valence-electron chi connectivity index (χ4n) is 1.57. The molecule has 1 aromatic heterocycles. The molecule has 1 aromatic rings. The Labute approximate surface area is 143 Å². The minimum atomic E-state index is -8.13. The molecule has 0 atom stereocenters. The molecule has 158 valence electrons. The quantitative estimate of drug-likeness (QED) is 0.429. The number of H-pyrrole nitrogens is 1. The van der Waals surface area contributed by atoms with E-state index in [0.29, 0.717) is 0 Å². The van der Waals surface area contributed by atoms with Crippen LogP contribution in [0.25, 0.3) is 0 Å². The highest BCUT2D eigenvalue weighted by Gasteiger charge is 2.93. The first-order valence-corrected chi connectivity index (χ1v) is 6.32. The van der Waals surface area contributed by atoms with E-state index in [9.17, 15) is 61.5 Å². The van der Waals surface area contributed by atoms with Crippen LogP contribution in [0.15, 0.2) is 12.3 Å². The van der Waals surface area contributed by atoms with Gasteiger partial charge in [-0.1, -0.05) is 0 Å². The third-order valence-electron chi connectivity index (χ3n) is 3.17. The lowest BCUT2D eigenvalue weighted by atomic mass is 9.90. The predicted molar refractivity (Wildman–Crippen MR) is 58.0 cm³/mol. The summed E-state index contributed by atoms with van der Waals surface area (Å²) in [7, 11) is 0. The zero-order chi connectivity index (χ0) is 21.9. The van der Waals surface area contributed by atoms with Gasteiger partial charge in [-0.3, -0.25) is 5.10 Å². The maximum Gasteiger partial charge on any atom is 0.393 e. The van der Waals surface area contributed by atoms with Gasteiger partial charge in [-0.2, -0.15) is 66.6 Å². The Kier molecular flexibility index (Phi) is 5.24. The van der Waals surface area contributed by atoms with Gasteiger partial charge in [0.25, 0.3) is 0 Å². The summed E-state index contributed by atoms with van der Waals surface area (Å²) in [5.74, 6) is -45.5. The van der Waals surface area contributed by atoms with Crippen LogP contribution in [-0.4, -0.2) is 45.2 Å². The molecular formula is C10H3ClF14N2. The summed E-state index contributed by atoms with van der Waals surface area (Å²) >= 11 is 3.46. The first-order chi connectivity index (χ1) is 11.6. The van der Waals surface area contributed by atoms with Gasteiger partial charge in [0, 0.05) is 6.20 Å². The highest BCUT2D eigenvalue weighted by atomic mass is 35.5. The Morgan fingerprint density at radius 3 is 1.33 bits per heavy atom. The van der Waals surface area contributed by atoms with Crippen LogP contribution in [0.2, 0.25) is 0 Å². The van der Waals surface area contributed by atoms with Gasteiger partial charge in [-0.15, -0.1) is 0 Å². The van der Waals surface area contributed by atoms with Crippen LogP contribution < -0.4 is 0 Å². The molecule has 0 saturated heterocycles. The molecule has 2 nitrogen and oxygen atoms in total. The fraction of sp³-hybridized carbons (Fsp3) is 0.700. The second kappa shape index (κ2) is 6.01. The number of nitrogens with one attached hydrogen (secondary N) is 1. The van der Waals surface area contributed by atoms with Crippen molar-refractivity contribution in [2.75, 3.05) is 0 Å². The molecule has 0 unspecified atom stereocenters. The molecule has 0 aliphatic rings. The van der Waals surface area contributed by atoms with E-state index in [1.807, 2.05) is 0 Å². The average Bonchev–Trinajstić information content (AvgIpc) is 2.99. The summed E-state index contributed by atoms with van der Waals surface area (Å²) in [4.78, 5) is 0. The SMILES string of the molecule is FC(F)(Cl)C(F)(F)C(F)(F)C(F)(F)C(F)(F)C(F)(F)C(F)(F)c1ccn[nH]1. The molecule has 17 heteroatoms. The Bertz CT molecular complexity index is 662. The van der Waals surface area contributed by atoms with E-state index in [4.69, 9.17) is 0 Å². The third kappa shape index (κ3) is 2.90. The van der Waals surface area contributed by atoms with E-state index in [1.165, 1.54) is 0 Å². The van der Waals surface area contributed by atoms with Crippen LogP contribution in [0.5, 0.6) is 0 Å². The average molecular weight is 453 g/mol. The molecule has 0 aliphatic heterocycles. The van der Waals surface area contributed by atoms with Crippen LogP contribution in [0.1, 0.15) is 5.69 Å². The zero-order valence-electron chi connectivity index (χ0n) is 11.8. The third-order valence-corrected chi connectivity index (χ3v) is 3.40. The lowest BCUT2D eigenvalue weighted by Crippen LogP contribution is -2.72. The van der Waals surface area contributed by atoms with Crippen LogP contribution >= 0.6 is 11.6 Å². The van der Waals surface area contributed by atoms with E-state index in [2.05, 4.69) is 16.7 Å². The maximum atomic E-state index is 13.5. The second-order valence-electron chi connectivity index (χ2n) is 4.91. The van der Waals surface area contributed by atoms with Crippen LogP contribution in [0, 0.1) is 0 Å². The molecule has 0 saturated carbocycles. The lowest BCUT2D eigenvalue weighted by Gasteiger charge is -2.41. The minimum Gasteiger partial charge on any atom is -0.276 e. The van der Waals surface area contributed by atoms with Gasteiger partial charge in [-0.05, 0) is 17.7 Å². The highest BCUT2D eigenvalue weighted by molar-refractivity contribution is 6.22. The zero-order valence-corrected chi connectivity index (χ0v) is 12.5. The number of aromatic amines is 1. The van der Waals surface area contributed by atoms with Crippen molar-refractivity contribution in [2.45, 2.75) is 40.9 Å². The molecule has 0 spiro atoms. The molecule has 0 aliphatic carbocycles. The van der Waals surface area contributed by atoms with Crippen molar-refractivity contribution in [2.24, 2.45) is 0 Å². The summed E-state index contributed by atoms with van der Waals surface area (Å²) in [6.45, 7) is 0. The number of hydrogen-bond donors (Lipinski definition) is 1. The van der Waals surface area contributed by atoms with Crippen molar-refractivity contribution in [3.05, 3.63) is 18.0 Å². The Morgan fingerprint density at radius 1 is 0.630 bits per heavy atom. The van der Waals surface area contributed by atoms with E-state index >= 15 is 0 Å². The monoisotopic (exact) mass is 452 g/mol. The number of aromatic nitrogens is 2. The fourth-order valence-corrected chi connectivity index (χ4v) is 1.69. The largest absolute Gasteiger partial charge is 0.393 e. The van der Waals surface area contributed by atoms with Gasteiger partial charge in [0.1, 0.15) is 5.69 Å². The normalized spacial score (nSPS) is 16.0. The Balaban J connectivity index is 3.60. The Morgan fingerprint density at radius 2 is 1.00 bits per heavy atom. The molecule has 1 heterocycles. The van der Waals surface area contributed by atoms with Gasteiger partial charge in [-0.25, -0.2) is 0 Å². The Hall–Kier alpha value is -1.48. The van der Waals surface area contributed by atoms with Crippen LogP contribution in [-0.2, 0) is 5.92 Å². The number of halogens is 15. The molecule has 0 fully saturated rings. The predicted octanol–water partition coefficient (Wildman–Crippen LogP) is 5.51. The maximum absolute atomic E-state index is 13.5. The number of alkyl halides is 15. The molecule has 27 heavy (non-hydrogen) atoms. The van der Waals surface area contributed by atoms with Crippen LogP contribution in [0.4, 0.5) is 61.5 Å². The first kappa shape index (κ1) is 23.6. The minimum absolute atomic E-state index is 0.151. The van der Waals surface area contributed by atoms with Gasteiger partial charge in [0.2, 0.25) is 0 Å². The smallest absolute Gasteiger partial charge is 0.276 e. The molecular weight excluding hydrogens is 450 g/mol. The van der Waals surface area contributed by atoms with Crippen molar-refractivity contribution in [3.8, 4) is 0 Å². The van der Waals surface area contributed by atoms with Crippen molar-refractivity contribution in [1.82, 2.24) is 10.2 Å². The number of nitrogens with zero attached hydrogens (tertiary/aromatic N) is 1. The first-order valence-electron chi connectivity index (χ1n) is 5.94. The number of rotatable bonds is 7. The molecule has 0 radical (unpaired) electrons. The van der Waals surface area contributed by atoms with Crippen molar-refractivity contribution in [3.63, 3.8) is 0 Å². The molecule has 1 N–H and O–H groups in total. The van der Waals surface area contributed by atoms with Gasteiger partial charge < -0.3 is 0 Å². The molecule has 0 amide bonds. The van der Waals surface area contributed by atoms with E-state index in [0.717, 1.165) is 5.10 Å². The van der Waals surface area contributed by atoms with E-state index in [-0.39, 0.29) is 12.3 Å². The molecule has 1 rings (SSSR count). The standard InChI is InChI=1S/C10H3ClF14N2/c11-10(24,25)9(22,23)8(20,21)7(18,19)6(16,17)5(14,15)4(12,13)3-1-2-26-27-3/h1-2H,(H,26,27). The van der Waals surface area contributed by atoms with Gasteiger partial charge >= 0.3 is 40.9 Å². The van der Waals surface area contributed by atoms with E-state index < -0.39 is 46.6 Å². The summed E-state index contributed by atoms with van der Waals surface area (Å²) in [6.07, 6.45) is 0.242. The summed E-state index contributed by atoms with van der Waals surface area (Å²) < 4.78 is 183. The van der Waals surface area contributed by atoms with Crippen molar-refractivity contribution >= 4 is 11.6 Å².